The Bertz CT molecular complexity index is 848. The summed E-state index contributed by atoms with van der Waals surface area (Å²) in [6.45, 7) is 6.78. The van der Waals surface area contributed by atoms with Crippen molar-refractivity contribution in [2.75, 3.05) is 20.6 Å². The molecule has 0 saturated carbocycles. The third-order valence-electron chi connectivity index (χ3n) is 5.27. The van der Waals surface area contributed by atoms with Crippen LogP contribution in [0.1, 0.15) is 55.3 Å². The maximum Gasteiger partial charge on any atom is 0.263 e. The van der Waals surface area contributed by atoms with E-state index in [1.807, 2.05) is 32.9 Å². The summed E-state index contributed by atoms with van der Waals surface area (Å²) in [5.74, 6) is 0.267. The van der Waals surface area contributed by atoms with Gasteiger partial charge in [0.15, 0.2) is 0 Å². The van der Waals surface area contributed by atoms with Crippen molar-refractivity contribution in [3.63, 3.8) is 0 Å². The lowest BCUT2D eigenvalue weighted by Crippen LogP contribution is -2.49. The third kappa shape index (κ3) is 4.03. The Hall–Kier alpha value is -1.88. The van der Waals surface area contributed by atoms with Crippen LogP contribution in [0.15, 0.2) is 24.3 Å². The number of nitrogens with zero attached hydrogens (tertiary/aromatic N) is 2. The molecule has 1 fully saturated rings. The molecule has 0 N–H and O–H groups in total. The van der Waals surface area contributed by atoms with Crippen molar-refractivity contribution >= 4 is 33.2 Å². The van der Waals surface area contributed by atoms with Crippen LogP contribution in [-0.2, 0) is 11.2 Å². The van der Waals surface area contributed by atoms with Gasteiger partial charge in [-0.2, -0.15) is 0 Å². The Morgan fingerprint density at radius 1 is 1.19 bits per heavy atom. The van der Waals surface area contributed by atoms with Gasteiger partial charge < -0.3 is 9.80 Å². The Morgan fingerprint density at radius 2 is 1.89 bits per heavy atom. The summed E-state index contributed by atoms with van der Waals surface area (Å²) < 4.78 is 1.14. The maximum atomic E-state index is 13.0. The standard InChI is InChI=1S/C22H30N2O2S/c1-22(2,3)21(26)24-13-9-8-10-15(24)14-17-16-11-6-7-12-18(16)27-19(17)20(25)23(4)5/h6-7,11-12,15H,8-10,13-14H2,1-5H3/t15-/m1/s1. The van der Waals surface area contributed by atoms with E-state index < -0.39 is 0 Å². The van der Waals surface area contributed by atoms with Crippen LogP contribution >= 0.6 is 11.3 Å². The van der Waals surface area contributed by atoms with Crippen LogP contribution < -0.4 is 0 Å². The van der Waals surface area contributed by atoms with Crippen LogP contribution in [0.25, 0.3) is 10.1 Å². The summed E-state index contributed by atoms with van der Waals surface area (Å²) in [5.41, 5.74) is 0.724. The van der Waals surface area contributed by atoms with Gasteiger partial charge >= 0.3 is 0 Å². The number of carbonyl (C=O) groups excluding carboxylic acids is 2. The number of fused-ring (bicyclic) bond motifs is 1. The molecule has 2 aromatic rings. The van der Waals surface area contributed by atoms with Gasteiger partial charge in [-0.3, -0.25) is 9.59 Å². The van der Waals surface area contributed by atoms with Crippen molar-refractivity contribution in [3.05, 3.63) is 34.7 Å². The highest BCUT2D eigenvalue weighted by Gasteiger charge is 2.34. The van der Waals surface area contributed by atoms with Gasteiger partial charge in [0.25, 0.3) is 5.91 Å². The van der Waals surface area contributed by atoms with Crippen molar-refractivity contribution in [2.24, 2.45) is 5.41 Å². The second kappa shape index (κ2) is 7.63. The molecule has 1 saturated heterocycles. The molecule has 1 aromatic heterocycles. The number of likely N-dealkylation sites (tertiary alicyclic amines) is 1. The molecule has 3 rings (SSSR count). The first kappa shape index (κ1) is 19.9. The fourth-order valence-electron chi connectivity index (χ4n) is 3.82. The lowest BCUT2D eigenvalue weighted by atomic mass is 9.89. The van der Waals surface area contributed by atoms with E-state index in [2.05, 4.69) is 17.0 Å². The number of carbonyl (C=O) groups is 2. The molecule has 2 amide bonds. The lowest BCUT2D eigenvalue weighted by molar-refractivity contribution is -0.143. The van der Waals surface area contributed by atoms with Crippen LogP contribution in [0.5, 0.6) is 0 Å². The molecule has 1 aliphatic rings. The molecule has 1 atom stereocenters. The molecule has 146 valence electrons. The molecular weight excluding hydrogens is 356 g/mol. The summed E-state index contributed by atoms with van der Waals surface area (Å²) in [5, 5.41) is 1.15. The van der Waals surface area contributed by atoms with Crippen LogP contribution in [-0.4, -0.2) is 48.3 Å². The van der Waals surface area contributed by atoms with E-state index in [9.17, 15) is 9.59 Å². The van der Waals surface area contributed by atoms with E-state index >= 15 is 0 Å². The molecule has 4 nitrogen and oxygen atoms in total. The van der Waals surface area contributed by atoms with Gasteiger partial charge in [-0.1, -0.05) is 39.0 Å². The minimum absolute atomic E-state index is 0.0516. The smallest absolute Gasteiger partial charge is 0.263 e. The molecule has 0 bridgehead atoms. The molecule has 0 spiro atoms. The van der Waals surface area contributed by atoms with Crippen LogP contribution in [0.4, 0.5) is 0 Å². The number of benzene rings is 1. The van der Waals surface area contributed by atoms with Crippen molar-refractivity contribution in [1.82, 2.24) is 9.80 Å². The molecular formula is C22H30N2O2S. The first-order chi connectivity index (χ1) is 12.7. The quantitative estimate of drug-likeness (QED) is 0.775. The summed E-state index contributed by atoms with van der Waals surface area (Å²) >= 11 is 1.57. The average molecular weight is 387 g/mol. The number of piperidine rings is 1. The van der Waals surface area contributed by atoms with Gasteiger partial charge in [-0.25, -0.2) is 0 Å². The normalized spacial score (nSPS) is 18.0. The zero-order valence-corrected chi connectivity index (χ0v) is 17.9. The highest BCUT2D eigenvalue weighted by Crippen LogP contribution is 2.35. The molecule has 1 aromatic carbocycles. The van der Waals surface area contributed by atoms with Crippen molar-refractivity contribution in [2.45, 2.75) is 52.5 Å². The maximum absolute atomic E-state index is 13.0. The highest BCUT2D eigenvalue weighted by molar-refractivity contribution is 7.21. The van der Waals surface area contributed by atoms with E-state index in [-0.39, 0.29) is 23.3 Å². The molecule has 5 heteroatoms. The lowest BCUT2D eigenvalue weighted by Gasteiger charge is -2.39. The predicted molar refractivity (Wildman–Crippen MR) is 112 cm³/mol. The minimum atomic E-state index is -0.380. The number of thiophene rings is 1. The molecule has 0 radical (unpaired) electrons. The second-order valence-electron chi connectivity index (χ2n) is 8.71. The first-order valence-corrected chi connectivity index (χ1v) is 10.5. The Kier molecular flexibility index (Phi) is 5.61. The topological polar surface area (TPSA) is 40.6 Å². The fourth-order valence-corrected chi connectivity index (χ4v) is 5.08. The zero-order chi connectivity index (χ0) is 19.8. The number of amides is 2. The van der Waals surface area contributed by atoms with Gasteiger partial charge in [0.05, 0.1) is 4.88 Å². The Morgan fingerprint density at radius 3 is 2.56 bits per heavy atom. The molecule has 0 aliphatic carbocycles. The SMILES string of the molecule is CN(C)C(=O)c1sc2ccccc2c1C[C@H]1CCCCN1C(=O)C(C)(C)C. The van der Waals surface area contributed by atoms with Crippen molar-refractivity contribution in [3.8, 4) is 0 Å². The van der Waals surface area contributed by atoms with Crippen LogP contribution in [0, 0.1) is 5.41 Å². The van der Waals surface area contributed by atoms with Crippen molar-refractivity contribution < 1.29 is 9.59 Å². The molecule has 27 heavy (non-hydrogen) atoms. The van der Waals surface area contributed by atoms with Crippen molar-refractivity contribution in [1.29, 1.82) is 0 Å². The first-order valence-electron chi connectivity index (χ1n) is 9.73. The van der Waals surface area contributed by atoms with Gasteiger partial charge in [0, 0.05) is 36.8 Å². The number of hydrogen-bond acceptors (Lipinski definition) is 3. The number of rotatable bonds is 3. The highest BCUT2D eigenvalue weighted by atomic mass is 32.1. The molecule has 2 heterocycles. The molecule has 1 aliphatic heterocycles. The Balaban J connectivity index is 2.00. The summed E-state index contributed by atoms with van der Waals surface area (Å²) in [4.78, 5) is 30.3. The van der Waals surface area contributed by atoms with E-state index in [1.165, 1.54) is 0 Å². The molecule has 0 unspecified atom stereocenters. The summed E-state index contributed by atoms with van der Waals surface area (Å²) in [6.07, 6.45) is 3.95. The third-order valence-corrected chi connectivity index (χ3v) is 6.47. The fraction of sp³-hybridized carbons (Fsp3) is 0.545. The van der Waals surface area contributed by atoms with Crippen LogP contribution in [0.2, 0.25) is 0 Å². The average Bonchev–Trinajstić information content (AvgIpc) is 2.98. The van der Waals surface area contributed by atoms with Gasteiger partial charge in [0.1, 0.15) is 0 Å². The largest absolute Gasteiger partial charge is 0.344 e. The van der Waals surface area contributed by atoms with Gasteiger partial charge in [-0.05, 0) is 42.7 Å². The number of hydrogen-bond donors (Lipinski definition) is 0. The van der Waals surface area contributed by atoms with E-state index in [4.69, 9.17) is 0 Å². The van der Waals surface area contributed by atoms with Crippen LogP contribution in [0.3, 0.4) is 0 Å². The summed E-state index contributed by atoms with van der Waals surface area (Å²) in [6, 6.07) is 8.39. The predicted octanol–water partition coefficient (Wildman–Crippen LogP) is 4.57. The zero-order valence-electron chi connectivity index (χ0n) is 17.0. The Labute approximate surface area is 166 Å². The van der Waals surface area contributed by atoms with E-state index in [0.717, 1.165) is 52.8 Å². The van der Waals surface area contributed by atoms with E-state index in [0.29, 0.717) is 0 Å². The van der Waals surface area contributed by atoms with Gasteiger partial charge in [-0.15, -0.1) is 11.3 Å². The second-order valence-corrected chi connectivity index (χ2v) is 9.76. The minimum Gasteiger partial charge on any atom is -0.344 e. The van der Waals surface area contributed by atoms with Gasteiger partial charge in [0.2, 0.25) is 5.91 Å². The van der Waals surface area contributed by atoms with E-state index in [1.54, 1.807) is 30.3 Å². The monoisotopic (exact) mass is 386 g/mol. The summed E-state index contributed by atoms with van der Waals surface area (Å²) in [7, 11) is 3.60.